The van der Waals surface area contributed by atoms with E-state index in [1.165, 1.54) is 22.9 Å². The van der Waals surface area contributed by atoms with Crippen LogP contribution in [-0.4, -0.2) is 69.4 Å². The third-order valence-corrected chi connectivity index (χ3v) is 10.0. The fourth-order valence-corrected chi connectivity index (χ4v) is 7.75. The summed E-state index contributed by atoms with van der Waals surface area (Å²) < 4.78 is 16.5. The fraction of sp³-hybridized carbons (Fsp3) is 0.556. The summed E-state index contributed by atoms with van der Waals surface area (Å²) in [6, 6.07) is 17.7. The summed E-state index contributed by atoms with van der Waals surface area (Å²) in [5, 5.41) is 14.9. The van der Waals surface area contributed by atoms with Gasteiger partial charge in [-0.1, -0.05) is 55.8 Å². The van der Waals surface area contributed by atoms with E-state index in [1.807, 2.05) is 33.0 Å². The summed E-state index contributed by atoms with van der Waals surface area (Å²) in [5.74, 6) is 0.122. The Morgan fingerprint density at radius 1 is 1.09 bits per heavy atom. The lowest BCUT2D eigenvalue weighted by Gasteiger charge is -2.35. The Hall–Kier alpha value is -3.03. The Bertz CT molecular complexity index is 1360. The number of benzene rings is 2. The molecule has 0 radical (unpaired) electrons. The Balaban J connectivity index is 1.26. The third kappa shape index (κ3) is 7.38. The van der Waals surface area contributed by atoms with Gasteiger partial charge in [0.15, 0.2) is 0 Å². The normalized spacial score (nSPS) is 22.5. The third-order valence-electron chi connectivity index (χ3n) is 10.0. The van der Waals surface area contributed by atoms with Crippen molar-refractivity contribution in [1.82, 2.24) is 19.6 Å². The predicted molar refractivity (Wildman–Crippen MR) is 170 cm³/mol. The van der Waals surface area contributed by atoms with Gasteiger partial charge in [-0.05, 0) is 107 Å². The number of carboxylic acid groups (broad SMARTS) is 1. The molecule has 0 spiro atoms. The number of piperidine rings is 1. The maximum atomic E-state index is 14.3. The first kappa shape index (κ1) is 31.4. The standard InChI is InChI=1S/C36H49FN4O2/c1-6-41-34(21-31(38-41)18-26-12-10-25(4)11-13-26)27-14-16-40(17-15-27)23-29-20-32(39(5)35(24(2)3)36(42)43)22-33(29)28-8-7-9-30(37)19-28/h7-13,19,21,24,27,29,32-33,35H,6,14-18,20,22-23H2,1-5H3,(H,42,43)/t29-,32+,33-,35-/m1/s1. The van der Waals surface area contributed by atoms with Gasteiger partial charge in [0.2, 0.25) is 0 Å². The van der Waals surface area contributed by atoms with E-state index in [2.05, 4.69) is 58.7 Å². The van der Waals surface area contributed by atoms with Crippen LogP contribution in [0, 0.1) is 24.6 Å². The molecule has 6 nitrogen and oxygen atoms in total. The lowest BCUT2D eigenvalue weighted by atomic mass is 9.87. The Morgan fingerprint density at radius 3 is 2.44 bits per heavy atom. The highest BCUT2D eigenvalue weighted by molar-refractivity contribution is 5.73. The van der Waals surface area contributed by atoms with Crippen LogP contribution in [0.4, 0.5) is 4.39 Å². The maximum absolute atomic E-state index is 14.3. The molecular weight excluding hydrogens is 539 g/mol. The molecule has 232 valence electrons. The van der Waals surface area contributed by atoms with Gasteiger partial charge in [-0.25, -0.2) is 4.39 Å². The largest absolute Gasteiger partial charge is 0.480 e. The smallest absolute Gasteiger partial charge is 0.321 e. The molecule has 4 atom stereocenters. The lowest BCUT2D eigenvalue weighted by molar-refractivity contribution is -0.145. The predicted octanol–water partition coefficient (Wildman–Crippen LogP) is 6.72. The molecule has 2 aliphatic rings. The first-order valence-corrected chi connectivity index (χ1v) is 16.2. The molecule has 5 rings (SSSR count). The van der Waals surface area contributed by atoms with Gasteiger partial charge < -0.3 is 10.0 Å². The van der Waals surface area contributed by atoms with Gasteiger partial charge in [-0.3, -0.25) is 14.4 Å². The summed E-state index contributed by atoms with van der Waals surface area (Å²) in [4.78, 5) is 16.8. The molecule has 1 N–H and O–H groups in total. The first-order chi connectivity index (χ1) is 20.6. The molecule has 2 heterocycles. The van der Waals surface area contributed by atoms with Crippen LogP contribution in [-0.2, 0) is 17.8 Å². The van der Waals surface area contributed by atoms with Crippen molar-refractivity contribution >= 4 is 5.97 Å². The number of rotatable bonds is 11. The van der Waals surface area contributed by atoms with Crippen LogP contribution >= 0.6 is 0 Å². The molecule has 2 aromatic carbocycles. The lowest BCUT2D eigenvalue weighted by Crippen LogP contribution is -2.47. The molecule has 0 amide bonds. The molecule has 2 fully saturated rings. The van der Waals surface area contributed by atoms with Crippen LogP contribution in [0.2, 0.25) is 0 Å². The molecule has 7 heteroatoms. The average Bonchev–Trinajstić information content (AvgIpc) is 3.58. The van der Waals surface area contributed by atoms with Gasteiger partial charge in [0.25, 0.3) is 0 Å². The number of halogens is 1. The fourth-order valence-electron chi connectivity index (χ4n) is 7.75. The summed E-state index contributed by atoms with van der Waals surface area (Å²) in [6.45, 7) is 12.2. The summed E-state index contributed by atoms with van der Waals surface area (Å²) in [7, 11) is 1.96. The van der Waals surface area contributed by atoms with Crippen LogP contribution in [0.5, 0.6) is 0 Å². The van der Waals surface area contributed by atoms with Crippen molar-refractivity contribution in [2.75, 3.05) is 26.7 Å². The molecule has 1 aliphatic carbocycles. The van der Waals surface area contributed by atoms with E-state index in [4.69, 9.17) is 5.10 Å². The Kier molecular flexibility index (Phi) is 10.0. The Morgan fingerprint density at radius 2 is 1.81 bits per heavy atom. The van der Waals surface area contributed by atoms with E-state index >= 15 is 0 Å². The van der Waals surface area contributed by atoms with Crippen molar-refractivity contribution in [3.05, 3.63) is 88.5 Å². The van der Waals surface area contributed by atoms with Crippen molar-refractivity contribution in [2.45, 2.75) is 90.3 Å². The van der Waals surface area contributed by atoms with Crippen LogP contribution in [0.25, 0.3) is 0 Å². The van der Waals surface area contributed by atoms with Gasteiger partial charge in [0.05, 0.1) is 5.69 Å². The summed E-state index contributed by atoms with van der Waals surface area (Å²) in [5.41, 5.74) is 6.11. The number of hydrogen-bond donors (Lipinski definition) is 1. The number of aromatic nitrogens is 2. The van der Waals surface area contributed by atoms with E-state index in [-0.39, 0.29) is 23.7 Å². The van der Waals surface area contributed by atoms with Crippen LogP contribution in [0.3, 0.4) is 0 Å². The SMILES string of the molecule is CCn1nc(Cc2ccc(C)cc2)cc1C1CCN(C[C@H]2C[C@H](N(C)[C@@H](C(=O)O)C(C)C)C[C@@H]2c2cccc(F)c2)CC1. The molecule has 3 aromatic rings. The van der Waals surface area contributed by atoms with Gasteiger partial charge in [-0.2, -0.15) is 5.10 Å². The van der Waals surface area contributed by atoms with Crippen molar-refractivity contribution in [3.63, 3.8) is 0 Å². The summed E-state index contributed by atoms with van der Waals surface area (Å²) >= 11 is 0. The number of aliphatic carboxylic acids is 1. The van der Waals surface area contributed by atoms with E-state index in [1.54, 1.807) is 6.07 Å². The number of hydrogen-bond acceptors (Lipinski definition) is 4. The van der Waals surface area contributed by atoms with Gasteiger partial charge in [-0.15, -0.1) is 0 Å². The number of likely N-dealkylation sites (N-methyl/N-ethyl adjacent to an activating group) is 1. The van der Waals surface area contributed by atoms with Crippen LogP contribution in [0.1, 0.15) is 86.4 Å². The van der Waals surface area contributed by atoms with E-state index < -0.39 is 12.0 Å². The number of nitrogens with zero attached hydrogens (tertiary/aromatic N) is 4. The van der Waals surface area contributed by atoms with Gasteiger partial charge >= 0.3 is 5.97 Å². The van der Waals surface area contributed by atoms with Gasteiger partial charge in [0, 0.05) is 37.2 Å². The van der Waals surface area contributed by atoms with Crippen LogP contribution < -0.4 is 0 Å². The number of likely N-dealkylation sites (tertiary alicyclic amines) is 1. The molecule has 1 saturated heterocycles. The number of aryl methyl sites for hydroxylation is 2. The van der Waals surface area contributed by atoms with Gasteiger partial charge in [0.1, 0.15) is 11.9 Å². The second-order valence-corrected chi connectivity index (χ2v) is 13.4. The molecule has 0 bridgehead atoms. The zero-order chi connectivity index (χ0) is 30.7. The van der Waals surface area contributed by atoms with Crippen molar-refractivity contribution in [2.24, 2.45) is 11.8 Å². The molecule has 1 saturated carbocycles. The monoisotopic (exact) mass is 588 g/mol. The van der Waals surface area contributed by atoms with E-state index in [0.717, 1.165) is 69.5 Å². The first-order valence-electron chi connectivity index (χ1n) is 16.2. The van der Waals surface area contributed by atoms with Crippen LogP contribution in [0.15, 0.2) is 54.6 Å². The minimum Gasteiger partial charge on any atom is -0.480 e. The number of carboxylic acids is 1. The van der Waals surface area contributed by atoms with E-state index in [0.29, 0.717) is 11.8 Å². The second-order valence-electron chi connectivity index (χ2n) is 13.4. The highest BCUT2D eigenvalue weighted by Crippen LogP contribution is 2.43. The van der Waals surface area contributed by atoms with E-state index in [9.17, 15) is 14.3 Å². The molecule has 0 unspecified atom stereocenters. The molecule has 1 aromatic heterocycles. The average molecular weight is 589 g/mol. The summed E-state index contributed by atoms with van der Waals surface area (Å²) in [6.07, 6.45) is 4.85. The second kappa shape index (κ2) is 13.7. The van der Waals surface area contributed by atoms with Crippen molar-refractivity contribution in [1.29, 1.82) is 0 Å². The quantitative estimate of drug-likeness (QED) is 0.269. The highest BCUT2D eigenvalue weighted by atomic mass is 19.1. The number of carbonyl (C=O) groups is 1. The highest BCUT2D eigenvalue weighted by Gasteiger charge is 2.42. The minimum atomic E-state index is -0.765. The maximum Gasteiger partial charge on any atom is 0.321 e. The molecule has 1 aliphatic heterocycles. The minimum absolute atomic E-state index is 0.0159. The Labute approximate surface area is 256 Å². The zero-order valence-electron chi connectivity index (χ0n) is 26.5. The van der Waals surface area contributed by atoms with Crippen molar-refractivity contribution in [3.8, 4) is 0 Å². The van der Waals surface area contributed by atoms with Crippen molar-refractivity contribution < 1.29 is 14.3 Å². The topological polar surface area (TPSA) is 61.6 Å². The molecular formula is C36H49FN4O2. The zero-order valence-corrected chi connectivity index (χ0v) is 26.5. The molecule has 43 heavy (non-hydrogen) atoms.